The van der Waals surface area contributed by atoms with Gasteiger partial charge in [0.25, 0.3) is 0 Å². The summed E-state index contributed by atoms with van der Waals surface area (Å²) in [5, 5.41) is 8.78. The van der Waals surface area contributed by atoms with Gasteiger partial charge < -0.3 is 10.0 Å². The summed E-state index contributed by atoms with van der Waals surface area (Å²) < 4.78 is 0. The summed E-state index contributed by atoms with van der Waals surface area (Å²) in [7, 11) is 0. The first-order valence-corrected chi connectivity index (χ1v) is 6.91. The van der Waals surface area contributed by atoms with Gasteiger partial charge in [-0.2, -0.15) is 11.8 Å². The van der Waals surface area contributed by atoms with Crippen LogP contribution in [-0.4, -0.2) is 47.0 Å². The molecular weight excluding hydrogens is 226 g/mol. The number of carboxylic acid groups (broad SMARTS) is 1. The van der Waals surface area contributed by atoms with Gasteiger partial charge in [-0.15, -0.1) is 0 Å². The molecule has 0 aliphatic rings. The van der Waals surface area contributed by atoms with E-state index in [1.807, 2.05) is 13.2 Å². The number of hydrogen-bond acceptors (Lipinski definition) is 3. The average molecular weight is 247 g/mol. The number of rotatable bonds is 8. The molecule has 5 heteroatoms. The van der Waals surface area contributed by atoms with Crippen molar-refractivity contribution < 1.29 is 14.7 Å². The van der Waals surface area contributed by atoms with Crippen molar-refractivity contribution in [1.29, 1.82) is 0 Å². The first-order chi connectivity index (χ1) is 7.52. The fourth-order valence-corrected chi connectivity index (χ4v) is 1.77. The molecule has 0 radical (unpaired) electrons. The molecule has 16 heavy (non-hydrogen) atoms. The van der Waals surface area contributed by atoms with Crippen LogP contribution in [0.1, 0.15) is 26.7 Å². The number of carbonyl (C=O) groups excluding carboxylic acids is 1. The maximum atomic E-state index is 11.7. The summed E-state index contributed by atoms with van der Waals surface area (Å²) >= 11 is 1.72. The fourth-order valence-electron chi connectivity index (χ4n) is 1.34. The van der Waals surface area contributed by atoms with Gasteiger partial charge in [0.05, 0.1) is 5.92 Å². The third-order valence-electron chi connectivity index (χ3n) is 2.39. The molecule has 0 heterocycles. The SMILES string of the molecule is CCN(CC(C)C(=O)O)C(=O)CCCSC. The number of carboxylic acids is 1. The summed E-state index contributed by atoms with van der Waals surface area (Å²) in [6.07, 6.45) is 3.38. The third kappa shape index (κ3) is 6.00. The van der Waals surface area contributed by atoms with E-state index >= 15 is 0 Å². The topological polar surface area (TPSA) is 57.6 Å². The van der Waals surface area contributed by atoms with Crippen LogP contribution < -0.4 is 0 Å². The van der Waals surface area contributed by atoms with Crippen molar-refractivity contribution in [2.75, 3.05) is 25.1 Å². The van der Waals surface area contributed by atoms with Gasteiger partial charge in [-0.1, -0.05) is 6.92 Å². The highest BCUT2D eigenvalue weighted by atomic mass is 32.2. The Balaban J connectivity index is 4.06. The largest absolute Gasteiger partial charge is 0.481 e. The highest BCUT2D eigenvalue weighted by Crippen LogP contribution is 2.06. The number of hydrogen-bond donors (Lipinski definition) is 1. The number of nitrogens with zero attached hydrogens (tertiary/aromatic N) is 1. The summed E-state index contributed by atoms with van der Waals surface area (Å²) in [4.78, 5) is 24.0. The van der Waals surface area contributed by atoms with Crippen LogP contribution in [0.25, 0.3) is 0 Å². The Kier molecular flexibility index (Phi) is 8.07. The van der Waals surface area contributed by atoms with E-state index < -0.39 is 11.9 Å². The molecule has 0 aliphatic carbocycles. The standard InChI is InChI=1S/C11H21NO3S/c1-4-12(8-9(2)11(14)15)10(13)6-5-7-16-3/h9H,4-8H2,1-3H3,(H,14,15). The zero-order chi connectivity index (χ0) is 12.6. The van der Waals surface area contributed by atoms with Crippen LogP contribution >= 0.6 is 11.8 Å². The summed E-state index contributed by atoms with van der Waals surface area (Å²) in [5.74, 6) is -0.318. The lowest BCUT2D eigenvalue weighted by molar-refractivity contribution is -0.143. The predicted molar refractivity (Wildman–Crippen MR) is 66.7 cm³/mol. The molecule has 0 rings (SSSR count). The van der Waals surface area contributed by atoms with Crippen molar-refractivity contribution in [2.24, 2.45) is 5.92 Å². The Bertz CT molecular complexity index is 233. The van der Waals surface area contributed by atoms with E-state index in [1.165, 1.54) is 0 Å². The van der Waals surface area contributed by atoms with E-state index in [1.54, 1.807) is 23.6 Å². The van der Waals surface area contributed by atoms with Crippen molar-refractivity contribution in [3.8, 4) is 0 Å². The van der Waals surface area contributed by atoms with Crippen molar-refractivity contribution in [2.45, 2.75) is 26.7 Å². The first kappa shape index (κ1) is 15.3. The second kappa shape index (κ2) is 8.44. The Hall–Kier alpha value is -0.710. The third-order valence-corrected chi connectivity index (χ3v) is 3.09. The molecule has 0 saturated heterocycles. The molecule has 0 aliphatic heterocycles. The summed E-state index contributed by atoms with van der Waals surface area (Å²) in [5.41, 5.74) is 0. The van der Waals surface area contributed by atoms with Gasteiger partial charge in [0, 0.05) is 19.5 Å². The Morgan fingerprint density at radius 1 is 1.44 bits per heavy atom. The van der Waals surface area contributed by atoms with Crippen LogP contribution in [0, 0.1) is 5.92 Å². The minimum absolute atomic E-state index is 0.0599. The highest BCUT2D eigenvalue weighted by molar-refractivity contribution is 7.98. The quantitative estimate of drug-likeness (QED) is 0.663. The smallest absolute Gasteiger partial charge is 0.308 e. The Labute approximate surface area is 101 Å². The number of aliphatic carboxylic acids is 1. The summed E-state index contributed by atoms with van der Waals surface area (Å²) in [6.45, 7) is 4.39. The average Bonchev–Trinajstić information content (AvgIpc) is 2.25. The number of carbonyl (C=O) groups is 2. The maximum Gasteiger partial charge on any atom is 0.308 e. The van der Waals surface area contributed by atoms with Crippen LogP contribution in [0.3, 0.4) is 0 Å². The predicted octanol–water partition coefficient (Wildman–Crippen LogP) is 1.70. The van der Waals surface area contributed by atoms with Crippen LogP contribution in [0.4, 0.5) is 0 Å². The van der Waals surface area contributed by atoms with Gasteiger partial charge in [-0.05, 0) is 25.4 Å². The molecular formula is C11H21NO3S. The van der Waals surface area contributed by atoms with Gasteiger partial charge in [-0.25, -0.2) is 0 Å². The zero-order valence-corrected chi connectivity index (χ0v) is 11.0. The van der Waals surface area contributed by atoms with E-state index in [9.17, 15) is 9.59 Å². The van der Waals surface area contributed by atoms with Crippen LogP contribution in [0.2, 0.25) is 0 Å². The van der Waals surface area contributed by atoms with Gasteiger partial charge in [-0.3, -0.25) is 9.59 Å². The first-order valence-electron chi connectivity index (χ1n) is 5.52. The van der Waals surface area contributed by atoms with Crippen molar-refractivity contribution in [3.05, 3.63) is 0 Å². The minimum Gasteiger partial charge on any atom is -0.481 e. The number of thioether (sulfide) groups is 1. The van der Waals surface area contributed by atoms with E-state index in [0.717, 1.165) is 12.2 Å². The van der Waals surface area contributed by atoms with Gasteiger partial charge in [0.1, 0.15) is 0 Å². The van der Waals surface area contributed by atoms with Gasteiger partial charge >= 0.3 is 5.97 Å². The molecule has 0 aromatic heterocycles. The molecule has 0 saturated carbocycles. The van der Waals surface area contributed by atoms with E-state index in [4.69, 9.17) is 5.11 Å². The van der Waals surface area contributed by atoms with Crippen LogP contribution in [-0.2, 0) is 9.59 Å². The lowest BCUT2D eigenvalue weighted by atomic mass is 10.1. The van der Waals surface area contributed by atoms with Crippen molar-refractivity contribution in [3.63, 3.8) is 0 Å². The van der Waals surface area contributed by atoms with E-state index in [-0.39, 0.29) is 5.91 Å². The second-order valence-electron chi connectivity index (χ2n) is 3.77. The maximum absolute atomic E-state index is 11.7. The van der Waals surface area contributed by atoms with Crippen LogP contribution in [0.5, 0.6) is 0 Å². The molecule has 1 amide bonds. The Morgan fingerprint density at radius 3 is 2.50 bits per heavy atom. The lowest BCUT2D eigenvalue weighted by Gasteiger charge is -2.22. The fraction of sp³-hybridized carbons (Fsp3) is 0.818. The van der Waals surface area contributed by atoms with E-state index in [0.29, 0.717) is 19.5 Å². The van der Waals surface area contributed by atoms with Crippen LogP contribution in [0.15, 0.2) is 0 Å². The molecule has 0 fully saturated rings. The van der Waals surface area contributed by atoms with Gasteiger partial charge in [0.2, 0.25) is 5.91 Å². The second-order valence-corrected chi connectivity index (χ2v) is 4.75. The summed E-state index contributed by atoms with van der Waals surface area (Å²) in [6, 6.07) is 0. The molecule has 0 aromatic carbocycles. The van der Waals surface area contributed by atoms with Gasteiger partial charge in [0.15, 0.2) is 0 Å². The molecule has 1 atom stereocenters. The monoisotopic (exact) mass is 247 g/mol. The number of amides is 1. The molecule has 1 N–H and O–H groups in total. The van der Waals surface area contributed by atoms with Crippen molar-refractivity contribution >= 4 is 23.6 Å². The lowest BCUT2D eigenvalue weighted by Crippen LogP contribution is -2.36. The highest BCUT2D eigenvalue weighted by Gasteiger charge is 2.18. The van der Waals surface area contributed by atoms with E-state index in [2.05, 4.69) is 0 Å². The molecule has 1 unspecified atom stereocenters. The minimum atomic E-state index is -0.852. The molecule has 4 nitrogen and oxygen atoms in total. The molecule has 94 valence electrons. The normalized spacial score (nSPS) is 12.2. The Morgan fingerprint density at radius 2 is 2.06 bits per heavy atom. The zero-order valence-electron chi connectivity index (χ0n) is 10.2. The molecule has 0 spiro atoms. The molecule has 0 bridgehead atoms. The van der Waals surface area contributed by atoms with Crippen molar-refractivity contribution in [1.82, 2.24) is 4.90 Å². The molecule has 0 aromatic rings.